The zero-order valence-corrected chi connectivity index (χ0v) is 13.3. The summed E-state index contributed by atoms with van der Waals surface area (Å²) < 4.78 is 6.13. The maximum atomic E-state index is 6.20. The van der Waals surface area contributed by atoms with Gasteiger partial charge < -0.3 is 10.1 Å². The molecule has 0 aliphatic carbocycles. The van der Waals surface area contributed by atoms with Crippen molar-refractivity contribution in [3.63, 3.8) is 0 Å². The maximum Gasteiger partial charge on any atom is 0.139 e. The molecule has 0 radical (unpaired) electrons. The minimum Gasteiger partial charge on any atom is -0.488 e. The summed E-state index contributed by atoms with van der Waals surface area (Å²) in [4.78, 5) is 0. The fraction of sp³-hybridized carbons (Fsp3) is 0.571. The molecule has 2 atom stereocenters. The largest absolute Gasteiger partial charge is 0.488 e. The van der Waals surface area contributed by atoms with Crippen LogP contribution in [0.1, 0.15) is 13.3 Å². The summed E-state index contributed by atoms with van der Waals surface area (Å²) in [6.45, 7) is 4.26. The molecule has 1 aliphatic heterocycles. The zero-order chi connectivity index (χ0) is 13.7. The number of benzene rings is 1. The Morgan fingerprint density at radius 2 is 2.32 bits per heavy atom. The first-order chi connectivity index (χ1) is 9.22. The van der Waals surface area contributed by atoms with E-state index in [1.54, 1.807) is 6.07 Å². The third kappa shape index (κ3) is 4.19. The molecule has 2 nitrogen and oxygen atoms in total. The molecule has 1 N–H and O–H groups in total. The highest BCUT2D eigenvalue weighted by Crippen LogP contribution is 2.33. The third-order valence-corrected chi connectivity index (χ3v) is 5.08. The van der Waals surface area contributed by atoms with Gasteiger partial charge in [0.2, 0.25) is 0 Å². The van der Waals surface area contributed by atoms with Crippen molar-refractivity contribution in [2.75, 3.05) is 24.6 Å². The van der Waals surface area contributed by atoms with Crippen LogP contribution in [-0.2, 0) is 0 Å². The van der Waals surface area contributed by atoms with E-state index in [2.05, 4.69) is 12.2 Å². The standard InChI is InChI=1S/C14H19Cl2NOS/c1-2-19-9-13(10-6-7-17-8-10)18-12-5-3-4-11(15)14(12)16/h3-5,10,13,17H,2,6-9H2,1H3/t10-,13-/m0/s1. The lowest BCUT2D eigenvalue weighted by molar-refractivity contribution is 0.165. The lowest BCUT2D eigenvalue weighted by atomic mass is 10.0. The van der Waals surface area contributed by atoms with Crippen molar-refractivity contribution < 1.29 is 4.74 Å². The summed E-state index contributed by atoms with van der Waals surface area (Å²) in [7, 11) is 0. The smallest absolute Gasteiger partial charge is 0.139 e. The molecule has 1 aromatic carbocycles. The van der Waals surface area contributed by atoms with Gasteiger partial charge in [0, 0.05) is 18.2 Å². The molecule has 5 heteroatoms. The van der Waals surface area contributed by atoms with E-state index < -0.39 is 0 Å². The van der Waals surface area contributed by atoms with E-state index in [4.69, 9.17) is 27.9 Å². The summed E-state index contributed by atoms with van der Waals surface area (Å²) in [5.74, 6) is 3.34. The van der Waals surface area contributed by atoms with Crippen LogP contribution in [0.5, 0.6) is 5.75 Å². The Morgan fingerprint density at radius 1 is 1.47 bits per heavy atom. The topological polar surface area (TPSA) is 21.3 Å². The molecule has 1 aliphatic rings. The van der Waals surface area contributed by atoms with E-state index in [0.29, 0.717) is 21.7 Å². The highest BCUT2D eigenvalue weighted by molar-refractivity contribution is 7.99. The molecule has 1 saturated heterocycles. The van der Waals surface area contributed by atoms with Crippen molar-refractivity contribution in [3.05, 3.63) is 28.2 Å². The Kier molecular flexibility index (Phi) is 6.14. The molecule has 0 unspecified atom stereocenters. The van der Waals surface area contributed by atoms with E-state index >= 15 is 0 Å². The minimum atomic E-state index is 0.191. The molecule has 0 bridgehead atoms. The monoisotopic (exact) mass is 319 g/mol. The van der Waals surface area contributed by atoms with Crippen molar-refractivity contribution in [1.29, 1.82) is 0 Å². The van der Waals surface area contributed by atoms with Crippen LogP contribution in [0.4, 0.5) is 0 Å². The van der Waals surface area contributed by atoms with Crippen molar-refractivity contribution in [2.24, 2.45) is 5.92 Å². The summed E-state index contributed by atoms with van der Waals surface area (Å²) in [5.41, 5.74) is 0. The first kappa shape index (κ1) is 15.3. The number of thioether (sulfide) groups is 1. The van der Waals surface area contributed by atoms with Crippen LogP contribution in [0.2, 0.25) is 10.0 Å². The second-order valence-electron chi connectivity index (χ2n) is 4.62. The van der Waals surface area contributed by atoms with E-state index in [0.717, 1.165) is 31.0 Å². The van der Waals surface area contributed by atoms with Crippen LogP contribution in [0.25, 0.3) is 0 Å². The summed E-state index contributed by atoms with van der Waals surface area (Å²) >= 11 is 14.1. The molecule has 1 fully saturated rings. The van der Waals surface area contributed by atoms with Crippen LogP contribution >= 0.6 is 35.0 Å². The molecule has 2 rings (SSSR count). The second kappa shape index (κ2) is 7.63. The number of halogens is 2. The number of nitrogens with one attached hydrogen (secondary N) is 1. The van der Waals surface area contributed by atoms with Gasteiger partial charge in [-0.3, -0.25) is 0 Å². The highest BCUT2D eigenvalue weighted by Gasteiger charge is 2.27. The number of hydrogen-bond donors (Lipinski definition) is 1. The molecule has 1 heterocycles. The van der Waals surface area contributed by atoms with Crippen LogP contribution in [-0.4, -0.2) is 30.7 Å². The number of rotatable bonds is 6. The van der Waals surface area contributed by atoms with Crippen LogP contribution < -0.4 is 10.1 Å². The van der Waals surface area contributed by atoms with Gasteiger partial charge >= 0.3 is 0 Å². The summed E-state index contributed by atoms with van der Waals surface area (Å²) in [5, 5.41) is 4.45. The highest BCUT2D eigenvalue weighted by atomic mass is 35.5. The SMILES string of the molecule is CCSC[C@H](Oc1cccc(Cl)c1Cl)[C@H]1CCNC1. The van der Waals surface area contributed by atoms with E-state index in [9.17, 15) is 0 Å². The Labute approximate surface area is 129 Å². The van der Waals surface area contributed by atoms with Gasteiger partial charge in [-0.05, 0) is 30.9 Å². The molecule has 19 heavy (non-hydrogen) atoms. The molecular formula is C14H19Cl2NOS. The van der Waals surface area contributed by atoms with Crippen molar-refractivity contribution in [3.8, 4) is 5.75 Å². The minimum absolute atomic E-state index is 0.191. The van der Waals surface area contributed by atoms with Gasteiger partial charge in [0.15, 0.2) is 0 Å². The molecule has 106 valence electrons. The van der Waals surface area contributed by atoms with Crippen LogP contribution in [0, 0.1) is 5.92 Å². The molecule has 0 saturated carbocycles. The van der Waals surface area contributed by atoms with Crippen molar-refractivity contribution >= 4 is 35.0 Å². The Balaban J connectivity index is 2.07. The zero-order valence-electron chi connectivity index (χ0n) is 11.0. The molecule has 0 spiro atoms. The van der Waals surface area contributed by atoms with Crippen molar-refractivity contribution in [2.45, 2.75) is 19.4 Å². The van der Waals surface area contributed by atoms with E-state index in [-0.39, 0.29) is 6.10 Å². The van der Waals surface area contributed by atoms with Gasteiger partial charge in [-0.1, -0.05) is 36.2 Å². The first-order valence-corrected chi connectivity index (χ1v) is 8.52. The normalized spacial score (nSPS) is 20.5. The number of hydrogen-bond acceptors (Lipinski definition) is 3. The Hall–Kier alpha value is -0.0900. The third-order valence-electron chi connectivity index (χ3n) is 3.30. The van der Waals surface area contributed by atoms with Gasteiger partial charge in [-0.25, -0.2) is 0 Å². The van der Waals surface area contributed by atoms with Gasteiger partial charge in [0.25, 0.3) is 0 Å². The first-order valence-electron chi connectivity index (χ1n) is 6.61. The van der Waals surface area contributed by atoms with Gasteiger partial charge in [-0.2, -0.15) is 11.8 Å². The summed E-state index contributed by atoms with van der Waals surface area (Å²) in [6, 6.07) is 5.55. The average Bonchev–Trinajstić information content (AvgIpc) is 2.93. The fourth-order valence-corrected chi connectivity index (χ4v) is 3.38. The average molecular weight is 320 g/mol. The fourth-order valence-electron chi connectivity index (χ4n) is 2.23. The van der Waals surface area contributed by atoms with Gasteiger partial charge in [0.1, 0.15) is 16.9 Å². The van der Waals surface area contributed by atoms with Gasteiger partial charge in [-0.15, -0.1) is 0 Å². The Morgan fingerprint density at radius 3 is 3.00 bits per heavy atom. The second-order valence-corrected chi connectivity index (χ2v) is 6.72. The predicted octanol–water partition coefficient (Wildman–Crippen LogP) is 4.10. The molecule has 0 aromatic heterocycles. The van der Waals surface area contributed by atoms with Crippen LogP contribution in [0.3, 0.4) is 0 Å². The molecular weight excluding hydrogens is 301 g/mol. The lowest BCUT2D eigenvalue weighted by Crippen LogP contribution is -2.31. The van der Waals surface area contributed by atoms with E-state index in [1.807, 2.05) is 23.9 Å². The summed E-state index contributed by atoms with van der Waals surface area (Å²) in [6.07, 6.45) is 1.35. The molecule has 1 aromatic rings. The van der Waals surface area contributed by atoms with E-state index in [1.165, 1.54) is 0 Å². The predicted molar refractivity (Wildman–Crippen MR) is 84.9 cm³/mol. The quantitative estimate of drug-likeness (QED) is 0.852. The van der Waals surface area contributed by atoms with Gasteiger partial charge in [0.05, 0.1) is 5.02 Å². The Bertz CT molecular complexity index is 410. The van der Waals surface area contributed by atoms with Crippen molar-refractivity contribution in [1.82, 2.24) is 5.32 Å². The molecule has 0 amide bonds. The van der Waals surface area contributed by atoms with Crippen LogP contribution in [0.15, 0.2) is 18.2 Å². The maximum absolute atomic E-state index is 6.20. The number of ether oxygens (including phenoxy) is 1. The lowest BCUT2D eigenvalue weighted by Gasteiger charge is -2.24.